The highest BCUT2D eigenvalue weighted by atomic mass is 79.9. The number of carbonyl (C=O) groups is 2. The van der Waals surface area contributed by atoms with E-state index in [1.807, 2.05) is 0 Å². The predicted molar refractivity (Wildman–Crippen MR) is 119 cm³/mol. The van der Waals surface area contributed by atoms with Crippen molar-refractivity contribution in [1.82, 2.24) is 0 Å². The van der Waals surface area contributed by atoms with Crippen LogP contribution in [0.15, 0.2) is 0 Å². The predicted octanol–water partition coefficient (Wildman–Crippen LogP) is 6.61. The molecule has 4 saturated carbocycles. The fourth-order valence-electron chi connectivity index (χ4n) is 8.43. The second-order valence-corrected chi connectivity index (χ2v) is 12.8. The van der Waals surface area contributed by atoms with Gasteiger partial charge in [-0.3, -0.25) is 9.59 Å². The average Bonchev–Trinajstić information content (AvgIpc) is 3.32. The number of esters is 1. The van der Waals surface area contributed by atoms with E-state index in [1.165, 1.54) is 26.4 Å². The summed E-state index contributed by atoms with van der Waals surface area (Å²) in [5.74, 6) is 0.588. The zero-order valence-corrected chi connectivity index (χ0v) is 20.5. The molecule has 0 radical (unpaired) electrons. The first-order valence-electron chi connectivity index (χ1n) is 12.0. The fraction of sp³-hybridized carbons (Fsp3) is 0.920. The van der Waals surface area contributed by atoms with Gasteiger partial charge in [0.15, 0.2) is 0 Å². The van der Waals surface area contributed by atoms with Crippen LogP contribution >= 0.6 is 15.9 Å². The Labute approximate surface area is 185 Å². The van der Waals surface area contributed by atoms with Crippen LogP contribution in [-0.4, -0.2) is 23.2 Å². The van der Waals surface area contributed by atoms with Crippen molar-refractivity contribution in [3.8, 4) is 0 Å². The highest BCUT2D eigenvalue weighted by molar-refractivity contribution is 9.10. The van der Waals surface area contributed by atoms with Crippen molar-refractivity contribution in [3.05, 3.63) is 0 Å². The van der Waals surface area contributed by atoms with E-state index >= 15 is 0 Å². The molecule has 4 aliphatic rings. The summed E-state index contributed by atoms with van der Waals surface area (Å²) in [6, 6.07) is 0. The Morgan fingerprint density at radius 1 is 0.897 bits per heavy atom. The summed E-state index contributed by atoms with van der Waals surface area (Å²) in [7, 11) is 1.52. The van der Waals surface area contributed by atoms with Gasteiger partial charge in [0.05, 0.1) is 17.9 Å². The van der Waals surface area contributed by atoms with E-state index < -0.39 is 16.2 Å². The maximum absolute atomic E-state index is 14.7. The summed E-state index contributed by atoms with van der Waals surface area (Å²) in [6.45, 7) is 6.75. The Bertz CT molecular complexity index is 684. The normalized spacial score (nSPS) is 40.4. The maximum atomic E-state index is 14.7. The quantitative estimate of drug-likeness (QED) is 0.267. The fourth-order valence-corrected chi connectivity index (χ4v) is 9.37. The Morgan fingerprint density at radius 3 is 1.97 bits per heavy atom. The topological polar surface area (TPSA) is 43.4 Å². The molecule has 0 heterocycles. The molecule has 3 nitrogen and oxygen atoms in total. The summed E-state index contributed by atoms with van der Waals surface area (Å²) in [5, 5.41) is 0. The van der Waals surface area contributed by atoms with E-state index in [4.69, 9.17) is 4.74 Å². The number of fused-ring (bicyclic) bond motifs is 1. The number of hydrogen-bond donors (Lipinski definition) is 0. The van der Waals surface area contributed by atoms with E-state index in [9.17, 15) is 9.59 Å². The van der Waals surface area contributed by atoms with Crippen molar-refractivity contribution in [3.63, 3.8) is 0 Å². The number of carbonyl (C=O) groups excluding carboxylic acids is 2. The number of ketones is 1. The molecule has 0 spiro atoms. The van der Waals surface area contributed by atoms with Gasteiger partial charge in [-0.25, -0.2) is 0 Å². The molecule has 4 fully saturated rings. The van der Waals surface area contributed by atoms with Crippen LogP contribution in [0.1, 0.15) is 104 Å². The van der Waals surface area contributed by atoms with Gasteiger partial charge in [-0.1, -0.05) is 81.6 Å². The third-order valence-electron chi connectivity index (χ3n) is 10.0. The lowest BCUT2D eigenvalue weighted by atomic mass is 9.51. The third kappa shape index (κ3) is 2.59. The zero-order valence-electron chi connectivity index (χ0n) is 18.9. The number of hydrogen-bond acceptors (Lipinski definition) is 3. The van der Waals surface area contributed by atoms with Crippen molar-refractivity contribution >= 4 is 27.7 Å². The first kappa shape index (κ1) is 21.8. The summed E-state index contributed by atoms with van der Waals surface area (Å²) in [6.07, 6.45) is 13.8. The van der Waals surface area contributed by atoms with E-state index in [-0.39, 0.29) is 15.7 Å². The number of alkyl halides is 1. The molecule has 0 N–H and O–H groups in total. The standard InChI is InChI=1S/C25H39BrO3/c1-21(2)18-12-17-22(3,24(26)15-10-7-11-16-24)19(27)25(18,21)23(20(28)29-4)13-8-5-6-9-14-23/h18H,5-17H2,1-4H3. The minimum Gasteiger partial charge on any atom is -0.469 e. The largest absolute Gasteiger partial charge is 0.469 e. The second kappa shape index (κ2) is 7.07. The second-order valence-electron chi connectivity index (χ2n) is 11.3. The zero-order chi connectivity index (χ0) is 21.1. The number of Topliss-reactive ketones (excluding diaryl/α,β-unsaturated/α-hetero) is 1. The lowest BCUT2D eigenvalue weighted by Crippen LogP contribution is -2.59. The van der Waals surface area contributed by atoms with Crippen molar-refractivity contribution in [2.75, 3.05) is 7.11 Å². The Kier molecular flexibility index (Phi) is 5.32. The van der Waals surface area contributed by atoms with Gasteiger partial charge in [0, 0.05) is 9.74 Å². The van der Waals surface area contributed by atoms with Gasteiger partial charge in [0.1, 0.15) is 5.78 Å². The number of ether oxygens (including phenoxy) is 1. The van der Waals surface area contributed by atoms with Crippen molar-refractivity contribution in [1.29, 1.82) is 0 Å². The van der Waals surface area contributed by atoms with E-state index in [0.29, 0.717) is 11.7 Å². The Balaban J connectivity index is 1.85. The van der Waals surface area contributed by atoms with Crippen molar-refractivity contribution in [2.24, 2.45) is 27.6 Å². The highest BCUT2D eigenvalue weighted by Gasteiger charge is 2.87. The molecule has 3 atom stereocenters. The lowest BCUT2D eigenvalue weighted by molar-refractivity contribution is -0.170. The minimum absolute atomic E-state index is 0.111. The monoisotopic (exact) mass is 466 g/mol. The summed E-state index contributed by atoms with van der Waals surface area (Å²) < 4.78 is 5.35. The van der Waals surface area contributed by atoms with E-state index in [1.54, 1.807) is 0 Å². The van der Waals surface area contributed by atoms with Crippen LogP contribution in [0.3, 0.4) is 0 Å². The smallest absolute Gasteiger partial charge is 0.312 e. The molecule has 0 saturated heterocycles. The van der Waals surface area contributed by atoms with Gasteiger partial charge >= 0.3 is 5.97 Å². The van der Waals surface area contributed by atoms with Crippen LogP contribution in [0, 0.1) is 27.6 Å². The molecule has 0 aromatic rings. The molecule has 4 heteroatoms. The summed E-state index contributed by atoms with van der Waals surface area (Å²) in [4.78, 5) is 28.2. The van der Waals surface area contributed by atoms with Crippen LogP contribution in [0.2, 0.25) is 0 Å². The lowest BCUT2D eigenvalue weighted by Gasteiger charge is -2.53. The first-order chi connectivity index (χ1) is 13.6. The molecule has 4 aliphatic carbocycles. The molecule has 0 aromatic heterocycles. The first-order valence-corrected chi connectivity index (χ1v) is 12.8. The van der Waals surface area contributed by atoms with Gasteiger partial charge in [0.2, 0.25) is 0 Å². The molecule has 164 valence electrons. The van der Waals surface area contributed by atoms with Gasteiger partial charge in [-0.05, 0) is 49.9 Å². The maximum Gasteiger partial charge on any atom is 0.312 e. The van der Waals surface area contributed by atoms with Crippen LogP contribution < -0.4 is 0 Å². The molecular formula is C25H39BrO3. The van der Waals surface area contributed by atoms with Gasteiger partial charge in [-0.2, -0.15) is 0 Å². The Hall–Kier alpha value is -0.380. The van der Waals surface area contributed by atoms with Gasteiger partial charge < -0.3 is 4.74 Å². The molecular weight excluding hydrogens is 428 g/mol. The van der Waals surface area contributed by atoms with Crippen LogP contribution in [0.4, 0.5) is 0 Å². The highest BCUT2D eigenvalue weighted by Crippen LogP contribution is 2.84. The molecule has 0 aromatic carbocycles. The minimum atomic E-state index is -0.636. The van der Waals surface area contributed by atoms with Crippen molar-refractivity contribution < 1.29 is 14.3 Å². The van der Waals surface area contributed by atoms with Gasteiger partial charge in [0.25, 0.3) is 0 Å². The number of halogens is 1. The van der Waals surface area contributed by atoms with Crippen LogP contribution in [0.5, 0.6) is 0 Å². The number of rotatable bonds is 3. The summed E-state index contributed by atoms with van der Waals surface area (Å²) >= 11 is 4.14. The molecule has 3 unspecified atom stereocenters. The number of methoxy groups -OCH3 is 1. The van der Waals surface area contributed by atoms with E-state index in [2.05, 4.69) is 36.7 Å². The van der Waals surface area contributed by atoms with Crippen LogP contribution in [-0.2, 0) is 14.3 Å². The van der Waals surface area contributed by atoms with E-state index in [0.717, 1.165) is 64.2 Å². The van der Waals surface area contributed by atoms with Crippen LogP contribution in [0.25, 0.3) is 0 Å². The molecule has 0 amide bonds. The summed E-state index contributed by atoms with van der Waals surface area (Å²) in [5.41, 5.74) is -1.71. The molecule has 29 heavy (non-hydrogen) atoms. The molecule has 0 aliphatic heterocycles. The third-order valence-corrected chi connectivity index (χ3v) is 11.7. The SMILES string of the molecule is COC(=O)C1(C23C(=O)C(C)(C4(Br)CCCCC4)CCC2C3(C)C)CCCCCC1. The van der Waals surface area contributed by atoms with Gasteiger partial charge in [-0.15, -0.1) is 0 Å². The average molecular weight is 467 g/mol. The molecule has 4 rings (SSSR count). The van der Waals surface area contributed by atoms with Crippen molar-refractivity contribution in [2.45, 2.75) is 109 Å². The molecule has 0 bridgehead atoms. The Morgan fingerprint density at radius 2 is 1.41 bits per heavy atom.